The van der Waals surface area contributed by atoms with Crippen molar-refractivity contribution in [1.29, 1.82) is 0 Å². The van der Waals surface area contributed by atoms with E-state index in [0.29, 0.717) is 6.61 Å². The fraction of sp³-hybridized carbons (Fsp3) is 0.769. The van der Waals surface area contributed by atoms with Crippen molar-refractivity contribution in [3.63, 3.8) is 0 Å². The summed E-state index contributed by atoms with van der Waals surface area (Å²) < 4.78 is 9.82. The van der Waals surface area contributed by atoms with Gasteiger partial charge in [-0.3, -0.25) is 14.4 Å². The molecule has 0 fully saturated rings. The highest BCUT2D eigenvalue weighted by molar-refractivity contribution is 8.00. The van der Waals surface area contributed by atoms with E-state index in [4.69, 9.17) is 9.47 Å². The smallest absolute Gasteiger partial charge is 0.316 e. The Bertz CT molecular complexity index is 319. The van der Waals surface area contributed by atoms with Crippen LogP contribution in [0.15, 0.2) is 0 Å². The van der Waals surface area contributed by atoms with Crippen molar-refractivity contribution in [2.75, 3.05) is 18.1 Å². The maximum absolute atomic E-state index is 11.4. The van der Waals surface area contributed by atoms with E-state index in [1.165, 1.54) is 11.8 Å². The van der Waals surface area contributed by atoms with Crippen molar-refractivity contribution in [2.24, 2.45) is 0 Å². The minimum atomic E-state index is -0.508. The van der Waals surface area contributed by atoms with E-state index in [0.717, 1.165) is 0 Å². The Kier molecular flexibility index (Phi) is 8.47. The maximum Gasteiger partial charge on any atom is 0.316 e. The highest BCUT2D eigenvalue weighted by Crippen LogP contribution is 2.10. The van der Waals surface area contributed by atoms with E-state index in [2.05, 4.69) is 0 Å². The summed E-state index contributed by atoms with van der Waals surface area (Å²) in [4.78, 5) is 33.8. The molecule has 0 aliphatic carbocycles. The Morgan fingerprint density at radius 2 is 1.63 bits per heavy atom. The summed E-state index contributed by atoms with van der Waals surface area (Å²) in [6.45, 7) is 7.41. The summed E-state index contributed by atoms with van der Waals surface area (Å²) in [7, 11) is 0. The molecule has 0 saturated heterocycles. The minimum absolute atomic E-state index is 0.0680. The lowest BCUT2D eigenvalue weighted by Gasteiger charge is -2.19. The Balaban J connectivity index is 3.69. The molecule has 6 heteroatoms. The zero-order chi connectivity index (χ0) is 14.9. The first kappa shape index (κ1) is 18.0. The van der Waals surface area contributed by atoms with E-state index in [1.54, 1.807) is 27.7 Å². The van der Waals surface area contributed by atoms with Gasteiger partial charge in [0.1, 0.15) is 11.4 Å². The number of esters is 2. The lowest BCUT2D eigenvalue weighted by molar-refractivity contribution is -0.151. The summed E-state index contributed by atoms with van der Waals surface area (Å²) in [6, 6.07) is 0. The van der Waals surface area contributed by atoms with Crippen molar-refractivity contribution in [3.05, 3.63) is 0 Å². The summed E-state index contributed by atoms with van der Waals surface area (Å²) in [5.41, 5.74) is -0.508. The van der Waals surface area contributed by atoms with E-state index < -0.39 is 5.60 Å². The Labute approximate surface area is 118 Å². The molecule has 110 valence electrons. The number of hydrogen-bond acceptors (Lipinski definition) is 6. The number of thioether (sulfide) groups is 1. The van der Waals surface area contributed by atoms with Crippen LogP contribution in [0.25, 0.3) is 0 Å². The molecular weight excluding hydrogens is 268 g/mol. The van der Waals surface area contributed by atoms with Crippen LogP contribution in [-0.4, -0.2) is 41.4 Å². The lowest BCUT2D eigenvalue weighted by atomic mass is 10.2. The van der Waals surface area contributed by atoms with Crippen LogP contribution < -0.4 is 0 Å². The van der Waals surface area contributed by atoms with Gasteiger partial charge in [-0.25, -0.2) is 0 Å². The molecule has 0 aliphatic rings. The topological polar surface area (TPSA) is 69.7 Å². The van der Waals surface area contributed by atoms with E-state index in [9.17, 15) is 14.4 Å². The molecule has 0 aromatic heterocycles. The summed E-state index contributed by atoms with van der Waals surface area (Å²) >= 11 is 1.20. The van der Waals surface area contributed by atoms with Crippen LogP contribution in [0.2, 0.25) is 0 Å². The van der Waals surface area contributed by atoms with Crippen LogP contribution in [0.3, 0.4) is 0 Å². The highest BCUT2D eigenvalue weighted by atomic mass is 32.2. The number of ketones is 1. The third kappa shape index (κ3) is 11.8. The summed E-state index contributed by atoms with van der Waals surface area (Å²) in [6.07, 6.45) is 0.250. The molecule has 0 rings (SSSR count). The molecule has 0 aliphatic heterocycles. The van der Waals surface area contributed by atoms with Crippen LogP contribution in [-0.2, 0) is 23.9 Å². The first-order chi connectivity index (χ1) is 8.74. The summed E-state index contributed by atoms with van der Waals surface area (Å²) in [5, 5.41) is 0. The molecule has 0 N–H and O–H groups in total. The van der Waals surface area contributed by atoms with Crippen LogP contribution in [0, 0.1) is 0 Å². The molecule has 0 aromatic rings. The van der Waals surface area contributed by atoms with Crippen molar-refractivity contribution >= 4 is 29.5 Å². The fourth-order valence-corrected chi connectivity index (χ4v) is 1.87. The number of ether oxygens (including phenoxy) is 2. The van der Waals surface area contributed by atoms with Gasteiger partial charge in [0.05, 0.1) is 24.5 Å². The molecule has 0 saturated carbocycles. The van der Waals surface area contributed by atoms with Crippen molar-refractivity contribution in [1.82, 2.24) is 0 Å². The molecule has 0 aromatic carbocycles. The second kappa shape index (κ2) is 8.96. The average molecular weight is 290 g/mol. The quantitative estimate of drug-likeness (QED) is 0.637. The maximum atomic E-state index is 11.4. The Hall–Kier alpha value is -1.04. The van der Waals surface area contributed by atoms with Gasteiger partial charge in [-0.15, -0.1) is 11.8 Å². The second-order valence-electron chi connectivity index (χ2n) is 4.92. The van der Waals surface area contributed by atoms with Gasteiger partial charge in [-0.2, -0.15) is 0 Å². The molecule has 0 spiro atoms. The number of rotatable bonds is 8. The van der Waals surface area contributed by atoms with Crippen LogP contribution in [0.5, 0.6) is 0 Å². The van der Waals surface area contributed by atoms with Gasteiger partial charge in [-0.05, 0) is 27.7 Å². The van der Waals surface area contributed by atoms with Gasteiger partial charge in [0.25, 0.3) is 0 Å². The van der Waals surface area contributed by atoms with Crippen molar-refractivity contribution in [3.8, 4) is 0 Å². The molecule has 0 bridgehead atoms. The van der Waals surface area contributed by atoms with Gasteiger partial charge in [-0.1, -0.05) is 0 Å². The summed E-state index contributed by atoms with van der Waals surface area (Å²) in [5.74, 6) is -0.425. The van der Waals surface area contributed by atoms with Gasteiger partial charge in [0.15, 0.2) is 0 Å². The highest BCUT2D eigenvalue weighted by Gasteiger charge is 2.16. The van der Waals surface area contributed by atoms with Crippen LogP contribution in [0.1, 0.15) is 40.5 Å². The number of carbonyl (C=O) groups is 3. The first-order valence-electron chi connectivity index (χ1n) is 6.21. The van der Waals surface area contributed by atoms with Crippen LogP contribution >= 0.6 is 11.8 Å². The zero-order valence-electron chi connectivity index (χ0n) is 12.0. The third-order valence-corrected chi connectivity index (χ3v) is 2.78. The fourth-order valence-electron chi connectivity index (χ4n) is 1.17. The average Bonchev–Trinajstić information content (AvgIpc) is 2.24. The Morgan fingerprint density at radius 3 is 2.16 bits per heavy atom. The predicted molar refractivity (Wildman–Crippen MR) is 74.0 cm³/mol. The monoisotopic (exact) mass is 290 g/mol. The van der Waals surface area contributed by atoms with Crippen molar-refractivity contribution in [2.45, 2.75) is 46.1 Å². The predicted octanol–water partition coefficient (Wildman–Crippen LogP) is 1.97. The van der Waals surface area contributed by atoms with E-state index >= 15 is 0 Å². The van der Waals surface area contributed by atoms with E-state index in [1.807, 2.05) is 0 Å². The molecule has 0 radical (unpaired) electrons. The molecular formula is C13H22O5S. The normalized spacial score (nSPS) is 10.9. The molecule has 19 heavy (non-hydrogen) atoms. The second-order valence-corrected chi connectivity index (χ2v) is 5.91. The van der Waals surface area contributed by atoms with E-state index in [-0.39, 0.29) is 42.1 Å². The van der Waals surface area contributed by atoms with Gasteiger partial charge >= 0.3 is 11.9 Å². The van der Waals surface area contributed by atoms with Gasteiger partial charge < -0.3 is 9.47 Å². The number of carbonyl (C=O) groups excluding carboxylic acids is 3. The van der Waals surface area contributed by atoms with Crippen molar-refractivity contribution < 1.29 is 23.9 Å². The SMILES string of the molecule is CCOC(=O)CCC(=O)CSCC(=O)OC(C)(C)C. The zero-order valence-corrected chi connectivity index (χ0v) is 12.8. The first-order valence-corrected chi connectivity index (χ1v) is 7.37. The van der Waals surface area contributed by atoms with Gasteiger partial charge in [0, 0.05) is 6.42 Å². The largest absolute Gasteiger partial charge is 0.466 e. The molecule has 5 nitrogen and oxygen atoms in total. The minimum Gasteiger partial charge on any atom is -0.466 e. The number of Topliss-reactive ketones (excluding diaryl/α,β-unsaturated/α-hetero) is 1. The van der Waals surface area contributed by atoms with Crippen LogP contribution in [0.4, 0.5) is 0 Å². The standard InChI is InChI=1S/C13H22O5S/c1-5-17-11(15)7-6-10(14)8-19-9-12(16)18-13(2,3)4/h5-9H2,1-4H3. The molecule has 0 heterocycles. The lowest BCUT2D eigenvalue weighted by Crippen LogP contribution is -2.25. The third-order valence-electron chi connectivity index (χ3n) is 1.82. The Morgan fingerprint density at radius 1 is 1.00 bits per heavy atom. The van der Waals surface area contributed by atoms with Gasteiger partial charge in [0.2, 0.25) is 0 Å². The number of hydrogen-bond donors (Lipinski definition) is 0. The molecule has 0 atom stereocenters. The molecule has 0 amide bonds. The molecule has 0 unspecified atom stereocenters.